The molecule has 0 spiro atoms. The standard InChI is InChI=1S/C15H22N2O3S/c1-15(2,3)20-14(19)17-7-4-5-12(9-17)16-13(18)11-6-8-21-10-11/h6,8,10,12H,4-5,7,9H2,1-3H3,(H,16,18)/t12-/m0/s1. The highest BCUT2D eigenvalue weighted by Crippen LogP contribution is 2.16. The van der Waals surface area contributed by atoms with Gasteiger partial charge in [0.05, 0.1) is 0 Å². The van der Waals surface area contributed by atoms with Crippen molar-refractivity contribution in [3.05, 3.63) is 22.4 Å². The quantitative estimate of drug-likeness (QED) is 0.914. The number of hydrogen-bond donors (Lipinski definition) is 1. The Morgan fingerprint density at radius 2 is 2.19 bits per heavy atom. The van der Waals surface area contributed by atoms with Crippen molar-refractivity contribution < 1.29 is 14.3 Å². The smallest absolute Gasteiger partial charge is 0.410 e. The molecule has 0 aliphatic carbocycles. The van der Waals surface area contributed by atoms with Crippen molar-refractivity contribution in [3.63, 3.8) is 0 Å². The van der Waals surface area contributed by atoms with Crippen LogP contribution in [0, 0.1) is 0 Å². The van der Waals surface area contributed by atoms with Gasteiger partial charge in [0.25, 0.3) is 5.91 Å². The zero-order chi connectivity index (χ0) is 15.5. The van der Waals surface area contributed by atoms with Crippen LogP contribution in [0.5, 0.6) is 0 Å². The minimum Gasteiger partial charge on any atom is -0.444 e. The molecule has 116 valence electrons. The Morgan fingerprint density at radius 1 is 1.43 bits per heavy atom. The summed E-state index contributed by atoms with van der Waals surface area (Å²) in [5.74, 6) is -0.0766. The number of ether oxygens (including phenoxy) is 1. The molecule has 2 heterocycles. The van der Waals surface area contributed by atoms with Crippen LogP contribution in [0.2, 0.25) is 0 Å². The Balaban J connectivity index is 1.89. The Hall–Kier alpha value is -1.56. The number of amides is 2. The van der Waals surface area contributed by atoms with E-state index in [4.69, 9.17) is 4.74 Å². The summed E-state index contributed by atoms with van der Waals surface area (Å²) < 4.78 is 5.38. The molecule has 1 fully saturated rings. The van der Waals surface area contributed by atoms with Crippen LogP contribution in [-0.4, -0.2) is 41.6 Å². The van der Waals surface area contributed by atoms with Crippen LogP contribution in [-0.2, 0) is 4.74 Å². The van der Waals surface area contributed by atoms with E-state index < -0.39 is 5.60 Å². The largest absolute Gasteiger partial charge is 0.444 e. The summed E-state index contributed by atoms with van der Waals surface area (Å²) in [6.45, 7) is 6.74. The molecule has 1 aliphatic heterocycles. The fourth-order valence-corrected chi connectivity index (χ4v) is 2.89. The SMILES string of the molecule is CC(C)(C)OC(=O)N1CCC[C@H](NC(=O)c2ccsc2)C1. The first-order valence-corrected chi connectivity index (χ1v) is 8.10. The van der Waals surface area contributed by atoms with Crippen molar-refractivity contribution in [1.82, 2.24) is 10.2 Å². The van der Waals surface area contributed by atoms with Gasteiger partial charge in [-0.2, -0.15) is 11.3 Å². The fraction of sp³-hybridized carbons (Fsp3) is 0.600. The van der Waals surface area contributed by atoms with E-state index in [9.17, 15) is 9.59 Å². The van der Waals surface area contributed by atoms with Gasteiger partial charge in [-0.05, 0) is 45.1 Å². The number of nitrogens with zero attached hydrogens (tertiary/aromatic N) is 1. The predicted octanol–water partition coefficient (Wildman–Crippen LogP) is 2.88. The first kappa shape index (κ1) is 15.8. The van der Waals surface area contributed by atoms with Gasteiger partial charge in [-0.1, -0.05) is 0 Å². The van der Waals surface area contributed by atoms with Gasteiger partial charge < -0.3 is 15.0 Å². The second-order valence-corrected chi connectivity index (χ2v) is 7.03. The maximum Gasteiger partial charge on any atom is 0.410 e. The lowest BCUT2D eigenvalue weighted by molar-refractivity contribution is 0.0185. The van der Waals surface area contributed by atoms with E-state index in [2.05, 4.69) is 5.32 Å². The lowest BCUT2D eigenvalue weighted by atomic mass is 10.1. The Labute approximate surface area is 129 Å². The molecule has 1 aromatic heterocycles. The van der Waals surface area contributed by atoms with E-state index in [1.165, 1.54) is 11.3 Å². The molecule has 6 heteroatoms. The Bertz CT molecular complexity index is 494. The van der Waals surface area contributed by atoms with Crippen LogP contribution in [0.25, 0.3) is 0 Å². The summed E-state index contributed by atoms with van der Waals surface area (Å²) >= 11 is 1.50. The van der Waals surface area contributed by atoms with E-state index >= 15 is 0 Å². The predicted molar refractivity (Wildman–Crippen MR) is 82.6 cm³/mol. The third-order valence-electron chi connectivity index (χ3n) is 3.19. The van der Waals surface area contributed by atoms with Crippen molar-refractivity contribution in [2.75, 3.05) is 13.1 Å². The van der Waals surface area contributed by atoms with Gasteiger partial charge in [0, 0.05) is 30.1 Å². The molecule has 21 heavy (non-hydrogen) atoms. The maximum atomic E-state index is 12.1. The summed E-state index contributed by atoms with van der Waals surface area (Å²) in [7, 11) is 0. The highest BCUT2D eigenvalue weighted by molar-refractivity contribution is 7.08. The van der Waals surface area contributed by atoms with Gasteiger partial charge in [0.15, 0.2) is 0 Å². The molecule has 0 radical (unpaired) electrons. The highest BCUT2D eigenvalue weighted by atomic mass is 32.1. The summed E-state index contributed by atoms with van der Waals surface area (Å²) in [6.07, 6.45) is 1.44. The molecule has 1 aromatic rings. The van der Waals surface area contributed by atoms with Gasteiger partial charge in [-0.15, -0.1) is 0 Å². The van der Waals surface area contributed by atoms with Crippen molar-refractivity contribution in [2.24, 2.45) is 0 Å². The topological polar surface area (TPSA) is 58.6 Å². The average molecular weight is 310 g/mol. The van der Waals surface area contributed by atoms with Gasteiger partial charge in [-0.25, -0.2) is 4.79 Å². The van der Waals surface area contributed by atoms with Gasteiger partial charge in [0.2, 0.25) is 0 Å². The second-order valence-electron chi connectivity index (χ2n) is 6.25. The normalized spacial score (nSPS) is 19.2. The van der Waals surface area contributed by atoms with Crippen LogP contribution in [0.4, 0.5) is 4.79 Å². The summed E-state index contributed by atoms with van der Waals surface area (Å²) in [4.78, 5) is 25.8. The second kappa shape index (κ2) is 6.47. The van der Waals surface area contributed by atoms with Crippen molar-refractivity contribution in [1.29, 1.82) is 0 Å². The first-order chi connectivity index (χ1) is 9.85. The molecule has 0 saturated carbocycles. The van der Waals surface area contributed by atoms with Crippen molar-refractivity contribution in [3.8, 4) is 0 Å². The molecule has 1 N–H and O–H groups in total. The third-order valence-corrected chi connectivity index (χ3v) is 3.87. The minimum atomic E-state index is -0.496. The number of carbonyl (C=O) groups excluding carboxylic acids is 2. The number of carbonyl (C=O) groups is 2. The van der Waals surface area contributed by atoms with Gasteiger partial charge in [-0.3, -0.25) is 4.79 Å². The molecule has 0 unspecified atom stereocenters. The molecule has 1 atom stereocenters. The number of piperidine rings is 1. The van der Waals surface area contributed by atoms with Gasteiger partial charge >= 0.3 is 6.09 Å². The summed E-state index contributed by atoms with van der Waals surface area (Å²) in [5, 5.41) is 6.69. The van der Waals surface area contributed by atoms with Crippen LogP contribution in [0.3, 0.4) is 0 Å². The highest BCUT2D eigenvalue weighted by Gasteiger charge is 2.28. The Kier molecular flexibility index (Phi) is 4.88. The van der Waals surface area contributed by atoms with E-state index in [0.29, 0.717) is 18.7 Å². The first-order valence-electron chi connectivity index (χ1n) is 7.16. The van der Waals surface area contributed by atoms with Crippen LogP contribution >= 0.6 is 11.3 Å². The molecule has 1 aliphatic rings. The molecule has 2 rings (SSSR count). The number of likely N-dealkylation sites (tertiary alicyclic amines) is 1. The monoisotopic (exact) mass is 310 g/mol. The van der Waals surface area contributed by atoms with Crippen molar-refractivity contribution >= 4 is 23.3 Å². The van der Waals surface area contributed by atoms with E-state index in [1.807, 2.05) is 31.5 Å². The average Bonchev–Trinajstić information content (AvgIpc) is 2.91. The number of nitrogens with one attached hydrogen (secondary N) is 1. The van der Waals surface area contributed by atoms with E-state index in [-0.39, 0.29) is 18.0 Å². The lowest BCUT2D eigenvalue weighted by Gasteiger charge is -2.34. The molecular weight excluding hydrogens is 288 g/mol. The molecular formula is C15H22N2O3S. The molecule has 0 bridgehead atoms. The van der Waals surface area contributed by atoms with Crippen molar-refractivity contribution in [2.45, 2.75) is 45.3 Å². The van der Waals surface area contributed by atoms with Gasteiger partial charge in [0.1, 0.15) is 5.60 Å². The molecule has 2 amide bonds. The minimum absolute atomic E-state index is 0.0151. The van der Waals surface area contributed by atoms with E-state index in [1.54, 1.807) is 11.0 Å². The molecule has 1 saturated heterocycles. The van der Waals surface area contributed by atoms with Crippen LogP contribution in [0.1, 0.15) is 44.0 Å². The number of hydrogen-bond acceptors (Lipinski definition) is 4. The zero-order valence-corrected chi connectivity index (χ0v) is 13.5. The fourth-order valence-electron chi connectivity index (χ4n) is 2.25. The summed E-state index contributed by atoms with van der Waals surface area (Å²) in [6, 6.07) is 1.78. The zero-order valence-electron chi connectivity index (χ0n) is 12.7. The molecule has 0 aromatic carbocycles. The van der Waals surface area contributed by atoms with E-state index in [0.717, 1.165) is 12.8 Å². The summed E-state index contributed by atoms with van der Waals surface area (Å²) in [5.41, 5.74) is 0.179. The number of rotatable bonds is 2. The maximum absolute atomic E-state index is 12.1. The lowest BCUT2D eigenvalue weighted by Crippen LogP contribution is -2.50. The molecule has 5 nitrogen and oxygen atoms in total. The third kappa shape index (κ3) is 4.74. The number of thiophene rings is 1. The van der Waals surface area contributed by atoms with Crippen LogP contribution in [0.15, 0.2) is 16.8 Å². The Morgan fingerprint density at radius 3 is 2.81 bits per heavy atom. The van der Waals surface area contributed by atoms with Crippen LogP contribution < -0.4 is 5.32 Å².